The van der Waals surface area contributed by atoms with E-state index in [-0.39, 0.29) is 0 Å². The molecule has 0 aliphatic heterocycles. The maximum absolute atomic E-state index is 12.0. The summed E-state index contributed by atoms with van der Waals surface area (Å²) in [5.74, 6) is -1.09. The third-order valence-electron chi connectivity index (χ3n) is 3.57. The van der Waals surface area contributed by atoms with Crippen LogP contribution >= 0.6 is 11.6 Å². The van der Waals surface area contributed by atoms with Crippen molar-refractivity contribution in [2.75, 3.05) is 11.9 Å². The van der Waals surface area contributed by atoms with Crippen LogP contribution in [0.25, 0.3) is 0 Å². The molecule has 6 nitrogen and oxygen atoms in total. The van der Waals surface area contributed by atoms with Crippen LogP contribution < -0.4 is 15.5 Å². The van der Waals surface area contributed by atoms with Crippen molar-refractivity contribution in [1.82, 2.24) is 5.43 Å². The molecule has 0 aromatic heterocycles. The smallest absolute Gasteiger partial charge is 0.329 e. The van der Waals surface area contributed by atoms with Gasteiger partial charge in [-0.1, -0.05) is 29.8 Å². The zero-order chi connectivity index (χ0) is 19.1. The molecule has 0 spiro atoms. The zero-order valence-electron chi connectivity index (χ0n) is 14.8. The number of anilines is 1. The summed E-state index contributed by atoms with van der Waals surface area (Å²) in [5.41, 5.74) is 5.15. The Kier molecular flexibility index (Phi) is 6.74. The molecule has 0 radical (unpaired) electrons. The molecule has 0 atom stereocenters. The Balaban J connectivity index is 2.03. The third-order valence-corrected chi connectivity index (χ3v) is 3.80. The monoisotopic (exact) mass is 373 g/mol. The number of carbonyl (C=O) groups is 2. The first kappa shape index (κ1) is 19.5. The number of nitrogens with one attached hydrogen (secondary N) is 2. The van der Waals surface area contributed by atoms with Crippen LogP contribution in [0.1, 0.15) is 23.6 Å². The summed E-state index contributed by atoms with van der Waals surface area (Å²) < 4.78 is 5.46. The standard InChI is InChI=1S/C19H20ClN3O3/c1-4-26-16-9-8-15(20)10-14(16)11-21-23-19(25)18(24)22-17-12(2)6-5-7-13(17)3/h5-11H,4H2,1-3H3,(H,22,24)(H,23,25)/b21-11-. The van der Waals surface area contributed by atoms with Crippen molar-refractivity contribution in [2.45, 2.75) is 20.8 Å². The number of hydrazone groups is 1. The minimum absolute atomic E-state index is 0.479. The van der Waals surface area contributed by atoms with Gasteiger partial charge in [-0.2, -0.15) is 5.10 Å². The average molecular weight is 374 g/mol. The van der Waals surface area contributed by atoms with Gasteiger partial charge in [0.05, 0.1) is 12.8 Å². The summed E-state index contributed by atoms with van der Waals surface area (Å²) >= 11 is 5.96. The second-order valence-electron chi connectivity index (χ2n) is 5.54. The highest BCUT2D eigenvalue weighted by molar-refractivity contribution is 6.39. The van der Waals surface area contributed by atoms with Gasteiger partial charge in [-0.05, 0) is 50.1 Å². The van der Waals surface area contributed by atoms with Gasteiger partial charge in [-0.25, -0.2) is 5.43 Å². The first-order chi connectivity index (χ1) is 12.4. The molecule has 0 fully saturated rings. The first-order valence-corrected chi connectivity index (χ1v) is 8.43. The van der Waals surface area contributed by atoms with Crippen molar-refractivity contribution in [1.29, 1.82) is 0 Å². The fourth-order valence-corrected chi connectivity index (χ4v) is 2.48. The molecule has 2 aromatic carbocycles. The predicted octanol–water partition coefficient (Wildman–Crippen LogP) is 3.44. The van der Waals surface area contributed by atoms with Gasteiger partial charge in [0.2, 0.25) is 0 Å². The average Bonchev–Trinajstić information content (AvgIpc) is 2.60. The maximum atomic E-state index is 12.0. The molecule has 0 unspecified atom stereocenters. The van der Waals surface area contributed by atoms with Crippen LogP contribution in [0, 0.1) is 13.8 Å². The number of aryl methyl sites for hydroxylation is 2. The Morgan fingerprint density at radius 1 is 1.15 bits per heavy atom. The minimum atomic E-state index is -0.871. The van der Waals surface area contributed by atoms with Crippen molar-refractivity contribution >= 4 is 35.3 Å². The third kappa shape index (κ3) is 5.07. The summed E-state index contributed by atoms with van der Waals surface area (Å²) in [6.45, 7) is 6.04. The molecule has 2 rings (SSSR count). The molecule has 26 heavy (non-hydrogen) atoms. The number of benzene rings is 2. The van der Waals surface area contributed by atoms with E-state index in [1.54, 1.807) is 18.2 Å². The van der Waals surface area contributed by atoms with E-state index in [4.69, 9.17) is 16.3 Å². The number of carbonyl (C=O) groups excluding carboxylic acids is 2. The van der Waals surface area contributed by atoms with Gasteiger partial charge in [0, 0.05) is 16.3 Å². The van der Waals surface area contributed by atoms with Gasteiger partial charge < -0.3 is 10.1 Å². The van der Waals surface area contributed by atoms with E-state index in [9.17, 15) is 9.59 Å². The fourth-order valence-electron chi connectivity index (χ4n) is 2.30. The van der Waals surface area contributed by atoms with Crippen LogP contribution in [0.4, 0.5) is 5.69 Å². The Hall–Kier alpha value is -2.86. The Bertz CT molecular complexity index is 830. The van der Waals surface area contributed by atoms with Crippen molar-refractivity contribution < 1.29 is 14.3 Å². The van der Waals surface area contributed by atoms with Crippen molar-refractivity contribution in [3.05, 3.63) is 58.1 Å². The normalized spacial score (nSPS) is 10.6. The van der Waals surface area contributed by atoms with Crippen LogP contribution in [-0.2, 0) is 9.59 Å². The van der Waals surface area contributed by atoms with Gasteiger partial charge in [0.15, 0.2) is 0 Å². The number of ether oxygens (including phenoxy) is 1. The summed E-state index contributed by atoms with van der Waals surface area (Å²) in [4.78, 5) is 24.0. The number of hydrogen-bond donors (Lipinski definition) is 2. The molecule has 136 valence electrons. The Morgan fingerprint density at radius 3 is 2.50 bits per heavy atom. The highest BCUT2D eigenvalue weighted by Crippen LogP contribution is 2.21. The van der Waals surface area contributed by atoms with Gasteiger partial charge in [0.1, 0.15) is 5.75 Å². The fraction of sp³-hybridized carbons (Fsp3) is 0.211. The van der Waals surface area contributed by atoms with Gasteiger partial charge >= 0.3 is 11.8 Å². The van der Waals surface area contributed by atoms with Gasteiger partial charge in [-0.15, -0.1) is 0 Å². The highest BCUT2D eigenvalue weighted by atomic mass is 35.5. The van der Waals surface area contributed by atoms with Crippen molar-refractivity contribution in [2.24, 2.45) is 5.10 Å². The SMILES string of the molecule is CCOc1ccc(Cl)cc1/C=N\NC(=O)C(=O)Nc1c(C)cccc1C. The molecule has 0 aliphatic carbocycles. The summed E-state index contributed by atoms with van der Waals surface area (Å²) in [5, 5.41) is 6.91. The molecule has 0 saturated heterocycles. The van der Waals surface area contributed by atoms with E-state index in [1.807, 2.05) is 39.0 Å². The van der Waals surface area contributed by atoms with E-state index in [0.717, 1.165) is 11.1 Å². The Labute approximate surface area is 157 Å². The number of nitrogens with zero attached hydrogens (tertiary/aromatic N) is 1. The molecule has 2 amide bonds. The maximum Gasteiger partial charge on any atom is 0.329 e. The lowest BCUT2D eigenvalue weighted by atomic mass is 10.1. The molecule has 2 aromatic rings. The van der Waals surface area contributed by atoms with Gasteiger partial charge in [0.25, 0.3) is 0 Å². The number of amides is 2. The van der Waals surface area contributed by atoms with Crippen LogP contribution in [0.2, 0.25) is 5.02 Å². The summed E-state index contributed by atoms with van der Waals surface area (Å²) in [6.07, 6.45) is 1.38. The molecule has 2 N–H and O–H groups in total. The van der Waals surface area contributed by atoms with E-state index in [1.165, 1.54) is 6.21 Å². The molecule has 0 saturated carbocycles. The van der Waals surface area contributed by atoms with Crippen molar-refractivity contribution in [3.63, 3.8) is 0 Å². The largest absolute Gasteiger partial charge is 0.493 e. The van der Waals surface area contributed by atoms with E-state index >= 15 is 0 Å². The summed E-state index contributed by atoms with van der Waals surface area (Å²) in [6, 6.07) is 10.6. The molecule has 0 bridgehead atoms. The molecular formula is C19H20ClN3O3. The quantitative estimate of drug-likeness (QED) is 0.478. The van der Waals surface area contributed by atoms with Crippen LogP contribution in [0.15, 0.2) is 41.5 Å². The number of hydrogen-bond acceptors (Lipinski definition) is 4. The van der Waals surface area contributed by atoms with Crippen LogP contribution in [-0.4, -0.2) is 24.6 Å². The second-order valence-corrected chi connectivity index (χ2v) is 5.97. The highest BCUT2D eigenvalue weighted by Gasteiger charge is 2.15. The van der Waals surface area contributed by atoms with E-state index < -0.39 is 11.8 Å². The molecule has 7 heteroatoms. The molecular weight excluding hydrogens is 354 g/mol. The van der Waals surface area contributed by atoms with Gasteiger partial charge in [-0.3, -0.25) is 9.59 Å². The minimum Gasteiger partial charge on any atom is -0.493 e. The second kappa shape index (κ2) is 9.01. The summed E-state index contributed by atoms with van der Waals surface area (Å²) in [7, 11) is 0. The van der Waals surface area contributed by atoms with Crippen LogP contribution in [0.3, 0.4) is 0 Å². The lowest BCUT2D eigenvalue weighted by Crippen LogP contribution is -2.32. The lowest BCUT2D eigenvalue weighted by Gasteiger charge is -2.10. The first-order valence-electron chi connectivity index (χ1n) is 8.05. The predicted molar refractivity (Wildman–Crippen MR) is 103 cm³/mol. The number of halogens is 1. The topological polar surface area (TPSA) is 79.8 Å². The molecule has 0 aliphatic rings. The van der Waals surface area contributed by atoms with E-state index in [0.29, 0.717) is 28.6 Å². The van der Waals surface area contributed by atoms with E-state index in [2.05, 4.69) is 15.8 Å². The molecule has 0 heterocycles. The van der Waals surface area contributed by atoms with Crippen LogP contribution in [0.5, 0.6) is 5.75 Å². The number of rotatable bonds is 5. The number of para-hydroxylation sites is 1. The lowest BCUT2D eigenvalue weighted by molar-refractivity contribution is -0.136. The Morgan fingerprint density at radius 2 is 1.85 bits per heavy atom. The zero-order valence-corrected chi connectivity index (χ0v) is 15.6. The van der Waals surface area contributed by atoms with Crippen molar-refractivity contribution in [3.8, 4) is 5.75 Å².